The van der Waals surface area contributed by atoms with Gasteiger partial charge >= 0.3 is 0 Å². The van der Waals surface area contributed by atoms with Gasteiger partial charge in [0.05, 0.1) is 0 Å². The average Bonchev–Trinajstić information content (AvgIpc) is 2.59. The molecule has 2 nitrogen and oxygen atoms in total. The van der Waals surface area contributed by atoms with E-state index in [-0.39, 0.29) is 11.6 Å². The maximum Gasteiger partial charge on any atom is 0.0307 e. The van der Waals surface area contributed by atoms with Crippen LogP contribution in [0.5, 0.6) is 0 Å². The molecular weight excluding hydrogens is 292 g/mol. The van der Waals surface area contributed by atoms with Crippen LogP contribution in [0.3, 0.4) is 0 Å². The summed E-state index contributed by atoms with van der Waals surface area (Å²) in [6.07, 6.45) is 25.7. The Labute approximate surface area is 152 Å². The lowest BCUT2D eigenvalue weighted by atomic mass is 9.76. The molecule has 0 aliphatic heterocycles. The molecule has 1 unspecified atom stereocenters. The Morgan fingerprint density at radius 3 is 1.54 bits per heavy atom. The van der Waals surface area contributed by atoms with Crippen molar-refractivity contribution in [2.45, 2.75) is 141 Å². The van der Waals surface area contributed by atoms with E-state index in [4.69, 9.17) is 11.5 Å². The van der Waals surface area contributed by atoms with Gasteiger partial charge < -0.3 is 11.5 Å². The van der Waals surface area contributed by atoms with Crippen LogP contribution >= 0.6 is 0 Å². The lowest BCUT2D eigenvalue weighted by molar-refractivity contribution is 0.236. The van der Waals surface area contributed by atoms with Crippen molar-refractivity contribution in [1.29, 1.82) is 0 Å². The Morgan fingerprint density at radius 1 is 0.667 bits per heavy atom. The van der Waals surface area contributed by atoms with E-state index < -0.39 is 0 Å². The molecule has 144 valence electrons. The van der Waals surface area contributed by atoms with Gasteiger partial charge in [-0.2, -0.15) is 0 Å². The monoisotopic (exact) mass is 338 g/mol. The SMILES string of the molecule is CCCCCCCCCCCCCCCC(N)C1(N)CCCCC1. The van der Waals surface area contributed by atoms with Gasteiger partial charge in [0.25, 0.3) is 0 Å². The molecule has 1 aliphatic carbocycles. The summed E-state index contributed by atoms with van der Waals surface area (Å²) in [6.45, 7) is 2.29. The highest BCUT2D eigenvalue weighted by atomic mass is 14.9. The predicted octanol–water partition coefficient (Wildman–Crippen LogP) is 6.46. The quantitative estimate of drug-likeness (QED) is 0.337. The van der Waals surface area contributed by atoms with Crippen molar-refractivity contribution in [2.24, 2.45) is 11.5 Å². The first-order valence-electron chi connectivity index (χ1n) is 11.2. The fourth-order valence-electron chi connectivity index (χ4n) is 4.25. The molecule has 1 atom stereocenters. The molecule has 2 heteroatoms. The highest BCUT2D eigenvalue weighted by Gasteiger charge is 2.33. The molecule has 0 saturated heterocycles. The summed E-state index contributed by atoms with van der Waals surface area (Å²) in [5, 5.41) is 0. The predicted molar refractivity (Wildman–Crippen MR) is 108 cm³/mol. The Kier molecular flexibility index (Phi) is 12.9. The van der Waals surface area contributed by atoms with Crippen LogP contribution in [0.2, 0.25) is 0 Å². The summed E-state index contributed by atoms with van der Waals surface area (Å²) in [7, 11) is 0. The molecule has 0 aromatic heterocycles. The summed E-state index contributed by atoms with van der Waals surface area (Å²) < 4.78 is 0. The smallest absolute Gasteiger partial charge is 0.0307 e. The van der Waals surface area contributed by atoms with E-state index in [0.717, 1.165) is 19.3 Å². The second-order valence-electron chi connectivity index (χ2n) is 8.43. The van der Waals surface area contributed by atoms with E-state index in [0.29, 0.717) is 0 Å². The first-order valence-corrected chi connectivity index (χ1v) is 11.2. The van der Waals surface area contributed by atoms with Gasteiger partial charge in [0.15, 0.2) is 0 Å². The third-order valence-corrected chi connectivity index (χ3v) is 6.14. The maximum absolute atomic E-state index is 6.52. The fraction of sp³-hybridized carbons (Fsp3) is 1.00. The fourth-order valence-corrected chi connectivity index (χ4v) is 4.25. The van der Waals surface area contributed by atoms with Crippen molar-refractivity contribution < 1.29 is 0 Å². The lowest BCUT2D eigenvalue weighted by Crippen LogP contribution is -2.56. The molecule has 0 aromatic carbocycles. The molecule has 0 bridgehead atoms. The topological polar surface area (TPSA) is 52.0 Å². The summed E-state index contributed by atoms with van der Waals surface area (Å²) in [5.74, 6) is 0. The van der Waals surface area contributed by atoms with E-state index in [2.05, 4.69) is 6.92 Å². The number of nitrogens with two attached hydrogens (primary N) is 2. The summed E-state index contributed by atoms with van der Waals surface area (Å²) >= 11 is 0. The van der Waals surface area contributed by atoms with Crippen molar-refractivity contribution in [3.8, 4) is 0 Å². The molecular formula is C22H46N2. The van der Waals surface area contributed by atoms with Crippen LogP contribution in [0.25, 0.3) is 0 Å². The molecule has 1 aliphatic rings. The zero-order valence-electron chi connectivity index (χ0n) is 16.7. The van der Waals surface area contributed by atoms with Gasteiger partial charge in [-0.1, -0.05) is 110 Å². The second-order valence-corrected chi connectivity index (χ2v) is 8.43. The Balaban J connectivity index is 1.83. The van der Waals surface area contributed by atoms with Crippen LogP contribution in [0, 0.1) is 0 Å². The molecule has 24 heavy (non-hydrogen) atoms. The third-order valence-electron chi connectivity index (χ3n) is 6.14. The minimum atomic E-state index is -0.0463. The standard InChI is InChI=1S/C22H46N2/c1-2-3-4-5-6-7-8-9-10-11-12-13-15-18-21(23)22(24)19-16-14-17-20-22/h21H,2-20,23-24H2,1H3. The van der Waals surface area contributed by atoms with Crippen LogP contribution in [-0.2, 0) is 0 Å². The highest BCUT2D eigenvalue weighted by Crippen LogP contribution is 2.29. The molecule has 1 saturated carbocycles. The van der Waals surface area contributed by atoms with Gasteiger partial charge in [0.2, 0.25) is 0 Å². The molecule has 4 N–H and O–H groups in total. The Hall–Kier alpha value is -0.0800. The number of rotatable bonds is 15. The van der Waals surface area contributed by atoms with E-state index in [9.17, 15) is 0 Å². The summed E-state index contributed by atoms with van der Waals surface area (Å²) in [5.41, 5.74) is 12.9. The van der Waals surface area contributed by atoms with Crippen molar-refractivity contribution in [3.05, 3.63) is 0 Å². The van der Waals surface area contributed by atoms with E-state index >= 15 is 0 Å². The molecule has 1 rings (SSSR count). The minimum Gasteiger partial charge on any atom is -0.326 e. The minimum absolute atomic E-state index is 0.0463. The van der Waals surface area contributed by atoms with Gasteiger partial charge in [-0.15, -0.1) is 0 Å². The van der Waals surface area contributed by atoms with Crippen molar-refractivity contribution in [1.82, 2.24) is 0 Å². The van der Waals surface area contributed by atoms with Crippen LogP contribution in [0.1, 0.15) is 129 Å². The van der Waals surface area contributed by atoms with Crippen molar-refractivity contribution >= 4 is 0 Å². The molecule has 0 amide bonds. The number of hydrogen-bond acceptors (Lipinski definition) is 2. The van der Waals surface area contributed by atoms with E-state index in [1.165, 1.54) is 103 Å². The molecule has 0 heterocycles. The van der Waals surface area contributed by atoms with Crippen molar-refractivity contribution in [2.75, 3.05) is 0 Å². The van der Waals surface area contributed by atoms with E-state index in [1.807, 2.05) is 0 Å². The van der Waals surface area contributed by atoms with Crippen LogP contribution in [0.15, 0.2) is 0 Å². The van der Waals surface area contributed by atoms with Gasteiger partial charge in [-0.3, -0.25) is 0 Å². The number of unbranched alkanes of at least 4 members (excludes halogenated alkanes) is 12. The van der Waals surface area contributed by atoms with Gasteiger partial charge in [-0.05, 0) is 19.3 Å². The molecule has 0 spiro atoms. The van der Waals surface area contributed by atoms with Crippen LogP contribution in [0.4, 0.5) is 0 Å². The number of hydrogen-bond donors (Lipinski definition) is 2. The van der Waals surface area contributed by atoms with Gasteiger partial charge in [-0.25, -0.2) is 0 Å². The van der Waals surface area contributed by atoms with Crippen molar-refractivity contribution in [3.63, 3.8) is 0 Å². The molecule has 0 aromatic rings. The summed E-state index contributed by atoms with van der Waals surface area (Å²) in [4.78, 5) is 0. The first kappa shape index (κ1) is 22.0. The van der Waals surface area contributed by atoms with Gasteiger partial charge in [0, 0.05) is 11.6 Å². The van der Waals surface area contributed by atoms with Crippen LogP contribution in [-0.4, -0.2) is 11.6 Å². The summed E-state index contributed by atoms with van der Waals surface area (Å²) in [6, 6.07) is 0.227. The second kappa shape index (κ2) is 14.1. The normalized spacial score (nSPS) is 18.6. The van der Waals surface area contributed by atoms with E-state index in [1.54, 1.807) is 0 Å². The van der Waals surface area contributed by atoms with Crippen LogP contribution < -0.4 is 11.5 Å². The third kappa shape index (κ3) is 10.0. The first-order chi connectivity index (χ1) is 11.7. The largest absolute Gasteiger partial charge is 0.326 e. The average molecular weight is 339 g/mol. The highest BCUT2D eigenvalue weighted by molar-refractivity contribution is 4.96. The Morgan fingerprint density at radius 2 is 1.08 bits per heavy atom. The zero-order chi connectivity index (χ0) is 17.5. The zero-order valence-corrected chi connectivity index (χ0v) is 16.7. The molecule has 1 fully saturated rings. The molecule has 0 radical (unpaired) electrons. The Bertz CT molecular complexity index is 271. The maximum atomic E-state index is 6.52. The lowest BCUT2D eigenvalue weighted by Gasteiger charge is -2.38. The van der Waals surface area contributed by atoms with Gasteiger partial charge in [0.1, 0.15) is 0 Å².